The lowest BCUT2D eigenvalue weighted by Crippen LogP contribution is -2.37. The third-order valence-electron chi connectivity index (χ3n) is 5.82. The van der Waals surface area contributed by atoms with Crippen LogP contribution in [0, 0.1) is 5.92 Å². The van der Waals surface area contributed by atoms with E-state index >= 15 is 0 Å². The molecule has 0 aliphatic carbocycles. The SMILES string of the molecule is Bc1cnn2c(NCC3CCCN(Cc4nccs4)C3)cc(-c3ccccc3Cl)nc12. The first-order valence-corrected chi connectivity index (χ1v) is 11.9. The van der Waals surface area contributed by atoms with Gasteiger partial charge in [-0.3, -0.25) is 4.90 Å². The Kier molecular flexibility index (Phi) is 5.94. The standard InChI is InChI=1S/C22H24BClN6S/c23-17-12-27-30-20(10-19(28-22(17)30)16-5-1-2-6-18(16)24)26-11-15-4-3-8-29(13-15)14-21-25-7-9-31-21/h1-2,5-7,9-10,12,15,26H,3-4,8,11,13-14,23H2. The van der Waals surface area contributed by atoms with Crippen LogP contribution in [0.2, 0.25) is 5.02 Å². The highest BCUT2D eigenvalue weighted by molar-refractivity contribution is 7.09. The predicted molar refractivity (Wildman–Crippen MR) is 130 cm³/mol. The Hall–Kier alpha value is -2.42. The van der Waals surface area contributed by atoms with Gasteiger partial charge in [-0.25, -0.2) is 9.97 Å². The van der Waals surface area contributed by atoms with Crippen molar-refractivity contribution in [2.75, 3.05) is 25.0 Å². The number of halogens is 1. The number of fused-ring (bicyclic) bond motifs is 1. The summed E-state index contributed by atoms with van der Waals surface area (Å²) in [6, 6.07) is 9.89. The Balaban J connectivity index is 1.35. The number of nitrogens with one attached hydrogen (secondary N) is 1. The number of likely N-dealkylation sites (tertiary alicyclic amines) is 1. The van der Waals surface area contributed by atoms with Crippen molar-refractivity contribution >= 4 is 47.7 Å². The summed E-state index contributed by atoms with van der Waals surface area (Å²) in [5, 5.41) is 12.2. The van der Waals surface area contributed by atoms with Crippen LogP contribution in [-0.2, 0) is 6.54 Å². The number of anilines is 1. The fraction of sp³-hybridized carbons (Fsp3) is 0.318. The normalized spacial score (nSPS) is 17.3. The highest BCUT2D eigenvalue weighted by Gasteiger charge is 2.21. The third kappa shape index (κ3) is 4.47. The van der Waals surface area contributed by atoms with Crippen LogP contribution in [-0.4, -0.2) is 52.0 Å². The van der Waals surface area contributed by atoms with E-state index in [1.54, 1.807) is 11.3 Å². The van der Waals surface area contributed by atoms with Gasteiger partial charge >= 0.3 is 0 Å². The van der Waals surface area contributed by atoms with Crippen molar-refractivity contribution in [2.24, 2.45) is 5.92 Å². The van der Waals surface area contributed by atoms with Crippen molar-refractivity contribution in [1.82, 2.24) is 24.5 Å². The van der Waals surface area contributed by atoms with Crippen molar-refractivity contribution in [3.05, 3.63) is 58.1 Å². The maximum absolute atomic E-state index is 6.46. The number of nitrogens with zero attached hydrogens (tertiary/aromatic N) is 5. The lowest BCUT2D eigenvalue weighted by Gasteiger charge is -2.32. The molecule has 1 aliphatic heterocycles. The lowest BCUT2D eigenvalue weighted by molar-refractivity contribution is 0.173. The van der Waals surface area contributed by atoms with Crippen molar-refractivity contribution in [1.29, 1.82) is 0 Å². The van der Waals surface area contributed by atoms with Crippen LogP contribution in [0.4, 0.5) is 5.82 Å². The summed E-state index contributed by atoms with van der Waals surface area (Å²) in [5.74, 6) is 1.53. The van der Waals surface area contributed by atoms with E-state index in [4.69, 9.17) is 16.6 Å². The summed E-state index contributed by atoms with van der Waals surface area (Å²) in [7, 11) is 2.03. The van der Waals surface area contributed by atoms with Gasteiger partial charge in [-0.15, -0.1) is 11.3 Å². The van der Waals surface area contributed by atoms with Gasteiger partial charge in [0.1, 0.15) is 18.7 Å². The average molecular weight is 451 g/mol. The van der Waals surface area contributed by atoms with E-state index in [1.165, 1.54) is 17.8 Å². The number of thiazole rings is 1. The number of piperidine rings is 1. The van der Waals surface area contributed by atoms with Gasteiger partial charge < -0.3 is 5.32 Å². The van der Waals surface area contributed by atoms with E-state index in [2.05, 4.69) is 31.7 Å². The van der Waals surface area contributed by atoms with E-state index in [9.17, 15) is 0 Å². The van der Waals surface area contributed by atoms with Crippen molar-refractivity contribution < 1.29 is 0 Å². The van der Waals surface area contributed by atoms with Crippen LogP contribution in [0.1, 0.15) is 17.8 Å². The molecule has 0 spiro atoms. The van der Waals surface area contributed by atoms with E-state index in [0.717, 1.165) is 54.4 Å². The molecule has 0 radical (unpaired) electrons. The molecular formula is C22H24BClN6S. The predicted octanol–water partition coefficient (Wildman–Crippen LogP) is 3.09. The molecule has 1 fully saturated rings. The zero-order chi connectivity index (χ0) is 21.2. The van der Waals surface area contributed by atoms with E-state index < -0.39 is 0 Å². The molecule has 1 atom stereocenters. The van der Waals surface area contributed by atoms with Crippen LogP contribution in [0.5, 0.6) is 0 Å². The second-order valence-corrected chi connectivity index (χ2v) is 9.51. The maximum atomic E-state index is 6.46. The van der Waals surface area contributed by atoms with Gasteiger partial charge in [0.25, 0.3) is 0 Å². The summed E-state index contributed by atoms with van der Waals surface area (Å²) in [4.78, 5) is 11.8. The molecule has 5 rings (SSSR count). The molecule has 9 heteroatoms. The van der Waals surface area contributed by atoms with Crippen molar-refractivity contribution in [3.8, 4) is 11.3 Å². The molecule has 31 heavy (non-hydrogen) atoms. The molecule has 1 unspecified atom stereocenters. The number of rotatable bonds is 6. The van der Waals surface area contributed by atoms with Crippen LogP contribution < -0.4 is 10.8 Å². The molecule has 3 aromatic heterocycles. The monoisotopic (exact) mass is 450 g/mol. The van der Waals surface area contributed by atoms with E-state index in [1.807, 2.05) is 49.0 Å². The topological polar surface area (TPSA) is 58.4 Å². The second-order valence-electron chi connectivity index (χ2n) is 8.12. The molecule has 1 aliphatic rings. The first-order valence-electron chi connectivity index (χ1n) is 10.6. The quantitative estimate of drug-likeness (QED) is 0.458. The zero-order valence-corrected chi connectivity index (χ0v) is 19.0. The Morgan fingerprint density at radius 2 is 2.19 bits per heavy atom. The summed E-state index contributed by atoms with van der Waals surface area (Å²) >= 11 is 8.19. The van der Waals surface area contributed by atoms with Gasteiger partial charge in [0, 0.05) is 47.5 Å². The van der Waals surface area contributed by atoms with E-state index in [-0.39, 0.29) is 0 Å². The lowest BCUT2D eigenvalue weighted by atomic mass is 9.98. The molecule has 0 amide bonds. The number of aromatic nitrogens is 4. The average Bonchev–Trinajstić information content (AvgIpc) is 3.43. The van der Waals surface area contributed by atoms with Gasteiger partial charge in [0.05, 0.1) is 12.2 Å². The fourth-order valence-corrected chi connectivity index (χ4v) is 5.13. The first-order chi connectivity index (χ1) is 15.2. The molecule has 1 N–H and O–H groups in total. The largest absolute Gasteiger partial charge is 0.370 e. The Labute approximate surface area is 191 Å². The van der Waals surface area contributed by atoms with Gasteiger partial charge in [-0.05, 0) is 36.8 Å². The van der Waals surface area contributed by atoms with Crippen LogP contribution >= 0.6 is 22.9 Å². The molecular weight excluding hydrogens is 427 g/mol. The molecule has 1 saturated heterocycles. The molecule has 158 valence electrons. The van der Waals surface area contributed by atoms with Crippen molar-refractivity contribution in [2.45, 2.75) is 19.4 Å². The number of benzene rings is 1. The summed E-state index contributed by atoms with van der Waals surface area (Å²) in [6.45, 7) is 4.07. The Morgan fingerprint density at radius 3 is 3.03 bits per heavy atom. The van der Waals surface area contributed by atoms with Gasteiger partial charge in [-0.2, -0.15) is 9.61 Å². The number of hydrogen-bond donors (Lipinski definition) is 1. The highest BCUT2D eigenvalue weighted by atomic mass is 35.5. The Morgan fingerprint density at radius 1 is 1.29 bits per heavy atom. The number of hydrogen-bond acceptors (Lipinski definition) is 6. The zero-order valence-electron chi connectivity index (χ0n) is 17.5. The summed E-state index contributed by atoms with van der Waals surface area (Å²) < 4.78 is 1.89. The van der Waals surface area contributed by atoms with E-state index in [0.29, 0.717) is 10.9 Å². The minimum absolute atomic E-state index is 0.581. The summed E-state index contributed by atoms with van der Waals surface area (Å²) in [6.07, 6.45) is 6.20. The van der Waals surface area contributed by atoms with Gasteiger partial charge in [0.2, 0.25) is 0 Å². The molecule has 1 aromatic carbocycles. The van der Waals surface area contributed by atoms with Crippen molar-refractivity contribution in [3.63, 3.8) is 0 Å². The molecule has 0 bridgehead atoms. The third-order valence-corrected chi connectivity index (χ3v) is 6.91. The van der Waals surface area contributed by atoms with Crippen LogP contribution in [0.3, 0.4) is 0 Å². The summed E-state index contributed by atoms with van der Waals surface area (Å²) in [5.41, 5.74) is 3.69. The van der Waals surface area contributed by atoms with Gasteiger partial charge in [-0.1, -0.05) is 29.8 Å². The minimum atomic E-state index is 0.581. The molecule has 4 heterocycles. The molecule has 6 nitrogen and oxygen atoms in total. The highest BCUT2D eigenvalue weighted by Crippen LogP contribution is 2.28. The first kappa shape index (κ1) is 20.5. The molecule has 0 saturated carbocycles. The maximum Gasteiger partial charge on any atom is 0.151 e. The Bertz CT molecular complexity index is 1180. The molecule has 4 aromatic rings. The minimum Gasteiger partial charge on any atom is -0.370 e. The van der Waals surface area contributed by atoms with Crippen LogP contribution in [0.15, 0.2) is 48.1 Å². The van der Waals surface area contributed by atoms with Crippen LogP contribution in [0.25, 0.3) is 16.9 Å². The van der Waals surface area contributed by atoms with Gasteiger partial charge in [0.15, 0.2) is 5.65 Å². The second kappa shape index (κ2) is 8.98. The fourth-order valence-electron chi connectivity index (χ4n) is 4.24. The smallest absolute Gasteiger partial charge is 0.151 e.